The predicted octanol–water partition coefficient (Wildman–Crippen LogP) is 4.23. The summed E-state index contributed by atoms with van der Waals surface area (Å²) in [5.41, 5.74) is 1.23. The normalized spacial score (nSPS) is 12.2. The van der Waals surface area contributed by atoms with Gasteiger partial charge in [-0.05, 0) is 37.1 Å². The second-order valence-electron chi connectivity index (χ2n) is 4.39. The molecule has 2 aromatic carbocycles. The third kappa shape index (κ3) is 2.93. The van der Waals surface area contributed by atoms with Gasteiger partial charge in [-0.15, -0.1) is 0 Å². The van der Waals surface area contributed by atoms with E-state index in [4.69, 9.17) is 4.74 Å². The highest BCUT2D eigenvalue weighted by Gasteiger charge is 2.15. The first-order valence-corrected chi connectivity index (χ1v) is 6.35. The summed E-state index contributed by atoms with van der Waals surface area (Å²) in [6, 6.07) is 12.2. The van der Waals surface area contributed by atoms with Gasteiger partial charge in [-0.1, -0.05) is 31.2 Å². The van der Waals surface area contributed by atoms with Crippen molar-refractivity contribution in [3.63, 3.8) is 0 Å². The van der Waals surface area contributed by atoms with E-state index < -0.39 is 11.9 Å². The first-order valence-electron chi connectivity index (χ1n) is 6.35. The lowest BCUT2D eigenvalue weighted by molar-refractivity contribution is 0.190. The molecule has 2 aromatic rings. The van der Waals surface area contributed by atoms with Crippen molar-refractivity contribution >= 4 is 0 Å². The Kier molecular flexibility index (Phi) is 4.17. The van der Waals surface area contributed by atoms with Gasteiger partial charge in [0, 0.05) is 0 Å². The highest BCUT2D eigenvalue weighted by atomic mass is 19.1. The van der Waals surface area contributed by atoms with Gasteiger partial charge < -0.3 is 9.84 Å². The van der Waals surface area contributed by atoms with E-state index in [2.05, 4.69) is 0 Å². The standard InChI is InChI=1S/C16H17FO2/c1-3-12-7-4-5-9-14(12)19-15-10-6-8-13(17)16(15)11(2)18/h4-11,18H,3H2,1-2H3/t11-/m0/s1. The van der Waals surface area contributed by atoms with Gasteiger partial charge in [-0.3, -0.25) is 0 Å². The zero-order chi connectivity index (χ0) is 13.8. The van der Waals surface area contributed by atoms with Crippen molar-refractivity contribution in [2.24, 2.45) is 0 Å². The average Bonchev–Trinajstić information content (AvgIpc) is 2.39. The van der Waals surface area contributed by atoms with Crippen LogP contribution in [0.2, 0.25) is 0 Å². The molecule has 0 saturated carbocycles. The summed E-state index contributed by atoms with van der Waals surface area (Å²) in [7, 11) is 0. The predicted molar refractivity (Wildman–Crippen MR) is 72.9 cm³/mol. The van der Waals surface area contributed by atoms with Crippen LogP contribution in [-0.4, -0.2) is 5.11 Å². The van der Waals surface area contributed by atoms with Crippen molar-refractivity contribution in [3.05, 3.63) is 59.4 Å². The maximum Gasteiger partial charge on any atom is 0.136 e. The van der Waals surface area contributed by atoms with E-state index in [1.165, 1.54) is 13.0 Å². The molecular formula is C16H17FO2. The molecule has 1 atom stereocenters. The summed E-state index contributed by atoms with van der Waals surface area (Å²) in [6.07, 6.45) is -0.0832. The van der Waals surface area contributed by atoms with Gasteiger partial charge >= 0.3 is 0 Å². The van der Waals surface area contributed by atoms with Gasteiger partial charge in [0.25, 0.3) is 0 Å². The molecule has 0 heterocycles. The van der Waals surface area contributed by atoms with Gasteiger partial charge in [0.15, 0.2) is 0 Å². The van der Waals surface area contributed by atoms with E-state index in [9.17, 15) is 9.50 Å². The van der Waals surface area contributed by atoms with E-state index >= 15 is 0 Å². The van der Waals surface area contributed by atoms with Crippen LogP contribution < -0.4 is 4.74 Å². The maximum absolute atomic E-state index is 13.7. The smallest absolute Gasteiger partial charge is 0.136 e. The number of halogens is 1. The SMILES string of the molecule is CCc1ccccc1Oc1cccc(F)c1[C@H](C)O. The Bertz CT molecular complexity index is 564. The number of benzene rings is 2. The Hall–Kier alpha value is -1.87. The molecule has 0 aromatic heterocycles. The monoisotopic (exact) mass is 260 g/mol. The number of hydrogen-bond acceptors (Lipinski definition) is 2. The van der Waals surface area contributed by atoms with Crippen LogP contribution in [0.3, 0.4) is 0 Å². The summed E-state index contributed by atoms with van der Waals surface area (Å²) in [5.74, 6) is 0.592. The zero-order valence-corrected chi connectivity index (χ0v) is 11.1. The largest absolute Gasteiger partial charge is 0.457 e. The van der Waals surface area contributed by atoms with Crippen molar-refractivity contribution in [2.75, 3.05) is 0 Å². The Morgan fingerprint density at radius 2 is 1.79 bits per heavy atom. The van der Waals surface area contributed by atoms with Gasteiger partial charge in [0.1, 0.15) is 17.3 Å². The van der Waals surface area contributed by atoms with Crippen LogP contribution in [0.25, 0.3) is 0 Å². The molecular weight excluding hydrogens is 243 g/mol. The fraction of sp³-hybridized carbons (Fsp3) is 0.250. The van der Waals surface area contributed by atoms with Crippen molar-refractivity contribution in [1.29, 1.82) is 0 Å². The lowest BCUT2D eigenvalue weighted by Gasteiger charge is -2.15. The minimum Gasteiger partial charge on any atom is -0.457 e. The number of para-hydroxylation sites is 1. The fourth-order valence-electron chi connectivity index (χ4n) is 2.03. The van der Waals surface area contributed by atoms with Crippen LogP contribution in [-0.2, 0) is 6.42 Å². The van der Waals surface area contributed by atoms with Crippen LogP contribution in [0.1, 0.15) is 31.1 Å². The molecule has 0 radical (unpaired) electrons. The molecule has 0 fully saturated rings. The second kappa shape index (κ2) is 5.85. The Balaban J connectivity index is 2.41. The molecule has 19 heavy (non-hydrogen) atoms. The number of rotatable bonds is 4. The third-order valence-electron chi connectivity index (χ3n) is 3.00. The Labute approximate surface area is 112 Å². The Morgan fingerprint density at radius 3 is 2.47 bits per heavy atom. The number of hydrogen-bond donors (Lipinski definition) is 1. The van der Waals surface area contributed by atoms with E-state index in [0.29, 0.717) is 11.5 Å². The van der Waals surface area contributed by atoms with Crippen molar-refractivity contribution in [1.82, 2.24) is 0 Å². The van der Waals surface area contributed by atoms with E-state index in [1.54, 1.807) is 12.1 Å². The molecule has 2 rings (SSSR count). The maximum atomic E-state index is 13.7. The topological polar surface area (TPSA) is 29.5 Å². The van der Waals surface area contributed by atoms with Crippen LogP contribution >= 0.6 is 0 Å². The molecule has 0 spiro atoms. The summed E-state index contributed by atoms with van der Waals surface area (Å²) in [4.78, 5) is 0. The zero-order valence-electron chi connectivity index (χ0n) is 11.1. The van der Waals surface area contributed by atoms with E-state index in [-0.39, 0.29) is 5.56 Å². The first-order chi connectivity index (χ1) is 9.13. The molecule has 0 amide bonds. The molecule has 1 N–H and O–H groups in total. The number of ether oxygens (including phenoxy) is 1. The molecule has 2 nitrogen and oxygen atoms in total. The molecule has 0 bridgehead atoms. The van der Waals surface area contributed by atoms with Gasteiger partial charge in [-0.2, -0.15) is 0 Å². The fourth-order valence-corrected chi connectivity index (χ4v) is 2.03. The van der Waals surface area contributed by atoms with Crippen molar-refractivity contribution < 1.29 is 14.2 Å². The quantitative estimate of drug-likeness (QED) is 0.891. The Morgan fingerprint density at radius 1 is 1.11 bits per heavy atom. The van der Waals surface area contributed by atoms with E-state index in [0.717, 1.165) is 12.0 Å². The van der Waals surface area contributed by atoms with Crippen LogP contribution in [0, 0.1) is 5.82 Å². The van der Waals surface area contributed by atoms with Crippen LogP contribution in [0.15, 0.2) is 42.5 Å². The number of aliphatic hydroxyl groups is 1. The molecule has 3 heteroatoms. The van der Waals surface area contributed by atoms with Gasteiger partial charge in [-0.25, -0.2) is 4.39 Å². The number of aryl methyl sites for hydroxylation is 1. The van der Waals surface area contributed by atoms with Crippen molar-refractivity contribution in [3.8, 4) is 11.5 Å². The second-order valence-corrected chi connectivity index (χ2v) is 4.39. The van der Waals surface area contributed by atoms with E-state index in [1.807, 2.05) is 31.2 Å². The van der Waals surface area contributed by atoms with Gasteiger partial charge in [0.05, 0.1) is 11.7 Å². The highest BCUT2D eigenvalue weighted by Crippen LogP contribution is 2.33. The summed E-state index contributed by atoms with van der Waals surface area (Å²) in [5, 5.41) is 9.67. The highest BCUT2D eigenvalue weighted by molar-refractivity contribution is 5.42. The summed E-state index contributed by atoms with van der Waals surface area (Å²) >= 11 is 0. The van der Waals surface area contributed by atoms with Crippen LogP contribution in [0.5, 0.6) is 11.5 Å². The summed E-state index contributed by atoms with van der Waals surface area (Å²) < 4.78 is 19.5. The summed E-state index contributed by atoms with van der Waals surface area (Å²) in [6.45, 7) is 3.56. The van der Waals surface area contributed by atoms with Gasteiger partial charge in [0.2, 0.25) is 0 Å². The number of aliphatic hydroxyl groups excluding tert-OH is 1. The van der Waals surface area contributed by atoms with Crippen molar-refractivity contribution in [2.45, 2.75) is 26.4 Å². The molecule has 0 aliphatic carbocycles. The van der Waals surface area contributed by atoms with Crippen LogP contribution in [0.4, 0.5) is 4.39 Å². The lowest BCUT2D eigenvalue weighted by Crippen LogP contribution is -2.00. The molecule has 100 valence electrons. The molecule has 0 aliphatic heterocycles. The minimum absolute atomic E-state index is 0.188. The molecule has 0 unspecified atom stereocenters. The third-order valence-corrected chi connectivity index (χ3v) is 3.00. The first kappa shape index (κ1) is 13.6. The lowest BCUT2D eigenvalue weighted by atomic mass is 10.1. The molecule has 0 aliphatic rings. The average molecular weight is 260 g/mol. The minimum atomic E-state index is -0.912. The molecule has 0 saturated heterocycles.